The van der Waals surface area contributed by atoms with Gasteiger partial charge in [-0.1, -0.05) is 37.1 Å². The van der Waals surface area contributed by atoms with Crippen LogP contribution in [-0.4, -0.2) is 37.7 Å². The zero-order valence-electron chi connectivity index (χ0n) is 19.9. The van der Waals surface area contributed by atoms with E-state index in [1.165, 1.54) is 14.0 Å². The van der Waals surface area contributed by atoms with Crippen molar-refractivity contribution in [3.8, 4) is 11.5 Å². The molecule has 2 rings (SSSR count). The molecule has 2 aromatic carbocycles. The first-order chi connectivity index (χ1) is 16.4. The second-order valence-corrected chi connectivity index (χ2v) is 9.19. The van der Waals surface area contributed by atoms with Crippen LogP contribution in [-0.2, 0) is 38.4 Å². The third-order valence-electron chi connectivity index (χ3n) is 4.95. The standard InChI is InChI=1S/C26H31ClO6S/c1-4-7-21-23(11-10-20(8-5-13-28)26(21)33-18(2)29)32-14-6-15-34-24-12-9-19(16-22(24)27)17-25(30)31-3/h9-13,16H,4-8,14-15,17H2,1-3H3. The predicted octanol–water partition coefficient (Wildman–Crippen LogP) is 5.63. The average molecular weight is 507 g/mol. The number of aldehydes is 1. The highest BCUT2D eigenvalue weighted by molar-refractivity contribution is 7.99. The van der Waals surface area contributed by atoms with Gasteiger partial charge in [0.2, 0.25) is 0 Å². The Labute approximate surface area is 210 Å². The molecule has 0 bridgehead atoms. The lowest BCUT2D eigenvalue weighted by molar-refractivity contribution is -0.139. The van der Waals surface area contributed by atoms with Crippen molar-refractivity contribution in [1.82, 2.24) is 0 Å². The van der Waals surface area contributed by atoms with Crippen molar-refractivity contribution in [1.29, 1.82) is 0 Å². The van der Waals surface area contributed by atoms with Gasteiger partial charge in [-0.05, 0) is 48.6 Å². The lowest BCUT2D eigenvalue weighted by Gasteiger charge is -2.18. The quantitative estimate of drug-likeness (QED) is 0.108. The van der Waals surface area contributed by atoms with Crippen molar-refractivity contribution in [2.45, 2.75) is 57.3 Å². The SMILES string of the molecule is CCCc1c(OCCCSc2ccc(CC(=O)OC)cc2Cl)ccc(CCC=O)c1OC(C)=O. The Balaban J connectivity index is 1.99. The number of hydrogen-bond donors (Lipinski definition) is 0. The van der Waals surface area contributed by atoms with E-state index in [-0.39, 0.29) is 12.4 Å². The number of thioether (sulfide) groups is 1. The van der Waals surface area contributed by atoms with Crippen LogP contribution >= 0.6 is 23.4 Å². The normalized spacial score (nSPS) is 10.6. The summed E-state index contributed by atoms with van der Waals surface area (Å²) in [4.78, 5) is 34.9. The number of methoxy groups -OCH3 is 1. The van der Waals surface area contributed by atoms with Crippen LogP contribution in [0.15, 0.2) is 35.2 Å². The van der Waals surface area contributed by atoms with Crippen molar-refractivity contribution >= 4 is 41.6 Å². The van der Waals surface area contributed by atoms with Crippen molar-refractivity contribution in [3.63, 3.8) is 0 Å². The molecule has 0 amide bonds. The fourth-order valence-corrected chi connectivity index (χ4v) is 4.61. The molecule has 0 unspecified atom stereocenters. The highest BCUT2D eigenvalue weighted by atomic mass is 35.5. The third-order valence-corrected chi connectivity index (χ3v) is 6.54. The first kappa shape index (κ1) is 27.7. The zero-order valence-corrected chi connectivity index (χ0v) is 21.4. The molecule has 8 heteroatoms. The molecule has 0 atom stereocenters. The van der Waals surface area contributed by atoms with Crippen LogP contribution in [0.25, 0.3) is 0 Å². The molecule has 0 aliphatic heterocycles. The summed E-state index contributed by atoms with van der Waals surface area (Å²) in [7, 11) is 1.36. The first-order valence-electron chi connectivity index (χ1n) is 11.3. The van der Waals surface area contributed by atoms with Crippen LogP contribution in [0.1, 0.15) is 49.8 Å². The van der Waals surface area contributed by atoms with Gasteiger partial charge in [-0.25, -0.2) is 0 Å². The molecule has 6 nitrogen and oxygen atoms in total. The summed E-state index contributed by atoms with van der Waals surface area (Å²) in [5, 5.41) is 0.606. The van der Waals surface area contributed by atoms with Gasteiger partial charge >= 0.3 is 11.9 Å². The second kappa shape index (κ2) is 14.7. The maximum atomic E-state index is 11.7. The molecule has 0 saturated heterocycles. The number of hydrogen-bond acceptors (Lipinski definition) is 7. The average Bonchev–Trinajstić information content (AvgIpc) is 2.80. The Bertz CT molecular complexity index is 991. The molecule has 0 radical (unpaired) electrons. The number of ether oxygens (including phenoxy) is 3. The van der Waals surface area contributed by atoms with Crippen molar-refractivity contribution in [2.24, 2.45) is 0 Å². The number of benzene rings is 2. The van der Waals surface area contributed by atoms with E-state index in [0.29, 0.717) is 42.4 Å². The molecule has 0 fully saturated rings. The van der Waals surface area contributed by atoms with Gasteiger partial charge in [0.05, 0.1) is 25.2 Å². The van der Waals surface area contributed by atoms with Crippen LogP contribution in [0.2, 0.25) is 5.02 Å². The minimum Gasteiger partial charge on any atom is -0.493 e. The number of aryl methyl sites for hydroxylation is 1. The first-order valence-corrected chi connectivity index (χ1v) is 12.6. The molecule has 0 heterocycles. The number of carbonyl (C=O) groups is 3. The summed E-state index contributed by atoms with van der Waals surface area (Å²) in [6, 6.07) is 9.33. The van der Waals surface area contributed by atoms with E-state index < -0.39 is 5.97 Å². The van der Waals surface area contributed by atoms with E-state index >= 15 is 0 Å². The van der Waals surface area contributed by atoms with Crippen LogP contribution in [0.3, 0.4) is 0 Å². The Morgan fingerprint density at radius 2 is 1.94 bits per heavy atom. The molecule has 2 aromatic rings. The van der Waals surface area contributed by atoms with Gasteiger partial charge in [0, 0.05) is 29.6 Å². The van der Waals surface area contributed by atoms with Gasteiger partial charge in [0.1, 0.15) is 17.8 Å². The smallest absolute Gasteiger partial charge is 0.309 e. The van der Waals surface area contributed by atoms with E-state index in [1.807, 2.05) is 24.3 Å². The minimum absolute atomic E-state index is 0.193. The van der Waals surface area contributed by atoms with Gasteiger partial charge in [0.25, 0.3) is 0 Å². The molecular weight excluding hydrogens is 476 g/mol. The summed E-state index contributed by atoms with van der Waals surface area (Å²) in [6.45, 7) is 3.92. The van der Waals surface area contributed by atoms with Crippen molar-refractivity contribution in [2.75, 3.05) is 19.5 Å². The Kier molecular flexibility index (Phi) is 12.0. The topological polar surface area (TPSA) is 78.9 Å². The third kappa shape index (κ3) is 8.69. The largest absolute Gasteiger partial charge is 0.493 e. The molecule has 184 valence electrons. The Hall–Kier alpha value is -2.51. The summed E-state index contributed by atoms with van der Waals surface area (Å²) < 4.78 is 16.3. The molecular formula is C26H31ClO6S. The van der Waals surface area contributed by atoms with E-state index in [9.17, 15) is 14.4 Å². The fraction of sp³-hybridized carbons (Fsp3) is 0.423. The predicted molar refractivity (Wildman–Crippen MR) is 134 cm³/mol. The van der Waals surface area contributed by atoms with Crippen LogP contribution < -0.4 is 9.47 Å². The van der Waals surface area contributed by atoms with Gasteiger partial charge < -0.3 is 19.0 Å². The number of halogens is 1. The molecule has 0 spiro atoms. The number of rotatable bonds is 14. The van der Waals surface area contributed by atoms with E-state index in [4.69, 9.17) is 21.1 Å². The Morgan fingerprint density at radius 3 is 2.59 bits per heavy atom. The Morgan fingerprint density at radius 1 is 1.15 bits per heavy atom. The molecule has 0 saturated carbocycles. The molecule has 0 N–H and O–H groups in total. The molecule has 0 aromatic heterocycles. The van der Waals surface area contributed by atoms with E-state index in [2.05, 4.69) is 11.7 Å². The number of esters is 2. The van der Waals surface area contributed by atoms with Gasteiger partial charge in [-0.2, -0.15) is 0 Å². The van der Waals surface area contributed by atoms with Gasteiger partial charge in [-0.3, -0.25) is 9.59 Å². The second-order valence-electron chi connectivity index (χ2n) is 7.65. The molecule has 0 aliphatic carbocycles. The maximum Gasteiger partial charge on any atom is 0.309 e. The lowest BCUT2D eigenvalue weighted by atomic mass is 10.0. The monoisotopic (exact) mass is 506 g/mol. The zero-order chi connectivity index (χ0) is 24.9. The van der Waals surface area contributed by atoms with Crippen molar-refractivity contribution < 1.29 is 28.6 Å². The maximum absolute atomic E-state index is 11.7. The van der Waals surface area contributed by atoms with Crippen LogP contribution in [0.4, 0.5) is 0 Å². The highest BCUT2D eigenvalue weighted by Crippen LogP contribution is 2.35. The van der Waals surface area contributed by atoms with Crippen LogP contribution in [0, 0.1) is 0 Å². The van der Waals surface area contributed by atoms with Crippen molar-refractivity contribution in [3.05, 3.63) is 52.0 Å². The summed E-state index contributed by atoms with van der Waals surface area (Å²) >= 11 is 7.99. The van der Waals surface area contributed by atoms with E-state index in [0.717, 1.165) is 46.5 Å². The molecule has 34 heavy (non-hydrogen) atoms. The van der Waals surface area contributed by atoms with Gasteiger partial charge in [0.15, 0.2) is 0 Å². The van der Waals surface area contributed by atoms with Gasteiger partial charge in [-0.15, -0.1) is 11.8 Å². The summed E-state index contributed by atoms with van der Waals surface area (Å²) in [6.07, 6.45) is 4.28. The lowest BCUT2D eigenvalue weighted by Crippen LogP contribution is -2.10. The van der Waals surface area contributed by atoms with E-state index in [1.54, 1.807) is 17.8 Å². The summed E-state index contributed by atoms with van der Waals surface area (Å²) in [5.74, 6) is 1.32. The fourth-order valence-electron chi connectivity index (χ4n) is 3.40. The van der Waals surface area contributed by atoms with Crippen LogP contribution in [0.5, 0.6) is 11.5 Å². The number of carbonyl (C=O) groups excluding carboxylic acids is 3. The molecule has 0 aliphatic rings. The summed E-state index contributed by atoms with van der Waals surface area (Å²) in [5.41, 5.74) is 2.50. The minimum atomic E-state index is -0.396. The highest BCUT2D eigenvalue weighted by Gasteiger charge is 2.17.